The average molecular weight is 451 g/mol. The van der Waals surface area contributed by atoms with Gasteiger partial charge in [0.15, 0.2) is 5.82 Å². The minimum absolute atomic E-state index is 0.0642. The molecular weight excluding hydrogens is 420 g/mol. The molecule has 1 saturated carbocycles. The van der Waals surface area contributed by atoms with Gasteiger partial charge < -0.3 is 15.2 Å². The van der Waals surface area contributed by atoms with Crippen LogP contribution in [0.15, 0.2) is 24.3 Å². The molecule has 1 spiro atoms. The molecule has 0 atom stereocenters. The molecule has 3 heterocycles. The van der Waals surface area contributed by atoms with Gasteiger partial charge >= 0.3 is 6.03 Å². The van der Waals surface area contributed by atoms with Crippen molar-refractivity contribution in [2.45, 2.75) is 76.3 Å². The molecule has 9 nitrogen and oxygen atoms in total. The molecule has 174 valence electrons. The number of nitrogens with one attached hydrogen (secondary N) is 2. The minimum atomic E-state index is -0.748. The molecule has 33 heavy (non-hydrogen) atoms. The Morgan fingerprint density at radius 3 is 2.55 bits per heavy atom. The number of benzene rings is 1. The van der Waals surface area contributed by atoms with Gasteiger partial charge in [-0.15, -0.1) is 10.2 Å². The van der Waals surface area contributed by atoms with Crippen LogP contribution in [0.5, 0.6) is 0 Å². The SMILES string of the molecule is O=C(CCN1C(=O)NC2(CCCCC2)C1=O)Nc1ccc(-c2nnc3n2CCCCC3)cc1. The zero-order valence-electron chi connectivity index (χ0n) is 18.8. The molecule has 2 N–H and O–H groups in total. The van der Waals surface area contributed by atoms with Gasteiger partial charge in [0.25, 0.3) is 5.91 Å². The Bertz CT molecular complexity index is 1050. The van der Waals surface area contributed by atoms with Crippen molar-refractivity contribution in [1.82, 2.24) is 25.0 Å². The lowest BCUT2D eigenvalue weighted by Gasteiger charge is -2.30. The van der Waals surface area contributed by atoms with E-state index in [2.05, 4.69) is 25.4 Å². The van der Waals surface area contributed by atoms with Gasteiger partial charge in [-0.2, -0.15) is 0 Å². The average Bonchev–Trinajstić information content (AvgIpc) is 3.20. The number of aryl methyl sites for hydroxylation is 1. The number of nitrogens with zero attached hydrogens (tertiary/aromatic N) is 4. The Kier molecular flexibility index (Phi) is 5.86. The first-order valence-corrected chi connectivity index (χ1v) is 12.0. The second-order valence-corrected chi connectivity index (χ2v) is 9.31. The number of hydrogen-bond acceptors (Lipinski definition) is 5. The van der Waals surface area contributed by atoms with Gasteiger partial charge in [-0.05, 0) is 49.9 Å². The number of carbonyl (C=O) groups is 3. The quantitative estimate of drug-likeness (QED) is 0.680. The van der Waals surface area contributed by atoms with Crippen molar-refractivity contribution in [3.63, 3.8) is 0 Å². The topological polar surface area (TPSA) is 109 Å². The molecule has 2 aromatic rings. The highest BCUT2D eigenvalue weighted by molar-refractivity contribution is 6.07. The maximum atomic E-state index is 12.8. The predicted molar refractivity (Wildman–Crippen MR) is 122 cm³/mol. The van der Waals surface area contributed by atoms with E-state index in [1.165, 1.54) is 11.3 Å². The van der Waals surface area contributed by atoms with Crippen LogP contribution in [0.1, 0.15) is 63.6 Å². The number of carbonyl (C=O) groups excluding carboxylic acids is 3. The van der Waals surface area contributed by atoms with Gasteiger partial charge in [0.05, 0.1) is 0 Å². The van der Waals surface area contributed by atoms with E-state index in [1.54, 1.807) is 0 Å². The highest BCUT2D eigenvalue weighted by atomic mass is 16.2. The van der Waals surface area contributed by atoms with Gasteiger partial charge in [0.1, 0.15) is 11.4 Å². The summed E-state index contributed by atoms with van der Waals surface area (Å²) in [6, 6.07) is 7.17. The monoisotopic (exact) mass is 450 g/mol. The van der Waals surface area contributed by atoms with E-state index in [9.17, 15) is 14.4 Å². The largest absolute Gasteiger partial charge is 0.326 e. The first-order chi connectivity index (χ1) is 16.1. The fourth-order valence-corrected chi connectivity index (χ4v) is 5.21. The highest BCUT2D eigenvalue weighted by Crippen LogP contribution is 2.33. The van der Waals surface area contributed by atoms with Crippen LogP contribution >= 0.6 is 0 Å². The maximum absolute atomic E-state index is 12.8. The predicted octanol–water partition coefficient (Wildman–Crippen LogP) is 3.25. The van der Waals surface area contributed by atoms with Crippen molar-refractivity contribution in [2.24, 2.45) is 0 Å². The van der Waals surface area contributed by atoms with E-state index in [4.69, 9.17) is 0 Å². The first kappa shape index (κ1) is 21.6. The summed E-state index contributed by atoms with van der Waals surface area (Å²) in [5.41, 5.74) is 0.882. The molecule has 1 aliphatic carbocycles. The molecular formula is C24H30N6O3. The molecule has 0 radical (unpaired) electrons. The second-order valence-electron chi connectivity index (χ2n) is 9.31. The molecule has 9 heteroatoms. The Balaban J connectivity index is 1.18. The van der Waals surface area contributed by atoms with Crippen LogP contribution in [0.4, 0.5) is 10.5 Å². The molecule has 0 bridgehead atoms. The fraction of sp³-hybridized carbons (Fsp3) is 0.542. The van der Waals surface area contributed by atoms with E-state index in [-0.39, 0.29) is 30.8 Å². The number of aromatic nitrogens is 3. The molecule has 0 unspecified atom stereocenters. The Morgan fingerprint density at radius 2 is 1.76 bits per heavy atom. The lowest BCUT2D eigenvalue weighted by atomic mass is 9.82. The first-order valence-electron chi connectivity index (χ1n) is 12.0. The zero-order chi connectivity index (χ0) is 22.8. The van der Waals surface area contributed by atoms with Crippen LogP contribution in [0.25, 0.3) is 11.4 Å². The molecule has 1 aromatic carbocycles. The third kappa shape index (κ3) is 4.24. The van der Waals surface area contributed by atoms with Crippen molar-refractivity contribution in [2.75, 3.05) is 11.9 Å². The van der Waals surface area contributed by atoms with E-state index >= 15 is 0 Å². The minimum Gasteiger partial charge on any atom is -0.326 e. The molecule has 3 aliphatic rings. The Morgan fingerprint density at radius 1 is 1.00 bits per heavy atom. The summed E-state index contributed by atoms with van der Waals surface area (Å²) in [6.07, 6.45) is 8.84. The molecule has 1 aromatic heterocycles. The smallest absolute Gasteiger partial charge is 0.325 e. The number of hydrogen-bond donors (Lipinski definition) is 2. The number of imide groups is 1. The standard InChI is InChI=1S/C24H30N6O3/c31-20(12-16-30-22(32)24(26-23(30)33)13-4-2-5-14-24)25-18-10-8-17(9-11-18)21-28-27-19-7-3-1-6-15-29(19)21/h8-11H,1-7,12-16H2,(H,25,31)(H,26,33). The van der Waals surface area contributed by atoms with Crippen LogP contribution in [0, 0.1) is 0 Å². The molecule has 2 fully saturated rings. The van der Waals surface area contributed by atoms with E-state index in [0.717, 1.165) is 62.3 Å². The van der Waals surface area contributed by atoms with Crippen molar-refractivity contribution >= 4 is 23.5 Å². The molecule has 5 rings (SSSR count). The zero-order valence-corrected chi connectivity index (χ0v) is 18.8. The van der Waals surface area contributed by atoms with Crippen LogP contribution in [0.2, 0.25) is 0 Å². The summed E-state index contributed by atoms with van der Waals surface area (Å²) in [7, 11) is 0. The lowest BCUT2D eigenvalue weighted by Crippen LogP contribution is -2.48. The van der Waals surface area contributed by atoms with Crippen molar-refractivity contribution in [1.29, 1.82) is 0 Å². The summed E-state index contributed by atoms with van der Waals surface area (Å²) in [4.78, 5) is 38.9. The highest BCUT2D eigenvalue weighted by Gasteiger charge is 2.51. The van der Waals surface area contributed by atoms with Gasteiger partial charge in [-0.3, -0.25) is 14.5 Å². The summed E-state index contributed by atoms with van der Waals surface area (Å²) in [5, 5.41) is 14.5. The molecule has 1 saturated heterocycles. The summed E-state index contributed by atoms with van der Waals surface area (Å²) < 4.78 is 2.19. The summed E-state index contributed by atoms with van der Waals surface area (Å²) in [6.45, 7) is 1.02. The number of rotatable bonds is 5. The Hall–Kier alpha value is -3.23. The van der Waals surface area contributed by atoms with Gasteiger partial charge in [-0.1, -0.05) is 25.7 Å². The van der Waals surface area contributed by atoms with Crippen molar-refractivity contribution in [3.05, 3.63) is 30.1 Å². The van der Waals surface area contributed by atoms with Crippen LogP contribution in [0.3, 0.4) is 0 Å². The van der Waals surface area contributed by atoms with E-state index in [0.29, 0.717) is 18.5 Å². The van der Waals surface area contributed by atoms with Gasteiger partial charge in [0, 0.05) is 37.2 Å². The van der Waals surface area contributed by atoms with Crippen LogP contribution < -0.4 is 10.6 Å². The van der Waals surface area contributed by atoms with E-state index in [1.807, 2.05) is 24.3 Å². The number of amides is 4. The van der Waals surface area contributed by atoms with Crippen LogP contribution in [-0.4, -0.2) is 49.6 Å². The number of anilines is 1. The summed E-state index contributed by atoms with van der Waals surface area (Å²) >= 11 is 0. The molecule has 4 amide bonds. The lowest BCUT2D eigenvalue weighted by molar-refractivity contribution is -0.132. The number of fused-ring (bicyclic) bond motifs is 1. The maximum Gasteiger partial charge on any atom is 0.325 e. The van der Waals surface area contributed by atoms with E-state index < -0.39 is 5.54 Å². The fourth-order valence-electron chi connectivity index (χ4n) is 5.21. The normalized spacial score (nSPS) is 19.8. The van der Waals surface area contributed by atoms with Gasteiger partial charge in [0.2, 0.25) is 5.91 Å². The summed E-state index contributed by atoms with van der Waals surface area (Å²) in [5.74, 6) is 1.48. The third-order valence-electron chi connectivity index (χ3n) is 7.05. The molecule has 2 aliphatic heterocycles. The van der Waals surface area contributed by atoms with Crippen molar-refractivity contribution < 1.29 is 14.4 Å². The van der Waals surface area contributed by atoms with Gasteiger partial charge in [-0.25, -0.2) is 4.79 Å². The number of urea groups is 1. The van der Waals surface area contributed by atoms with Crippen molar-refractivity contribution in [3.8, 4) is 11.4 Å². The third-order valence-corrected chi connectivity index (χ3v) is 7.05. The second kappa shape index (κ2) is 8.96. The Labute approximate surface area is 192 Å². The van der Waals surface area contributed by atoms with Crippen LogP contribution in [-0.2, 0) is 22.6 Å².